The minimum Gasteiger partial charge on any atom is -0.396 e. The fourth-order valence-corrected chi connectivity index (χ4v) is 2.00. The zero-order valence-electron chi connectivity index (χ0n) is 8.08. The van der Waals surface area contributed by atoms with Crippen molar-refractivity contribution in [3.63, 3.8) is 0 Å². The summed E-state index contributed by atoms with van der Waals surface area (Å²) in [6, 6.07) is -0.237. The minimum atomic E-state index is -3.38. The van der Waals surface area contributed by atoms with Gasteiger partial charge >= 0.3 is 0 Å². The van der Waals surface area contributed by atoms with Gasteiger partial charge in [0.15, 0.2) is 0 Å². The van der Waals surface area contributed by atoms with Crippen molar-refractivity contribution in [3.8, 4) is 0 Å². The second-order valence-corrected chi connectivity index (χ2v) is 4.46. The van der Waals surface area contributed by atoms with Gasteiger partial charge in [0, 0.05) is 19.2 Å². The van der Waals surface area contributed by atoms with Crippen LogP contribution in [0, 0.1) is 0 Å². The number of hydrogen-bond acceptors (Lipinski definition) is 3. The molecule has 6 heteroatoms. The van der Waals surface area contributed by atoms with Gasteiger partial charge in [0.1, 0.15) is 0 Å². The molecule has 1 atom stereocenters. The summed E-state index contributed by atoms with van der Waals surface area (Å²) >= 11 is 0. The first-order chi connectivity index (χ1) is 6.02. The van der Waals surface area contributed by atoms with Crippen LogP contribution in [0.3, 0.4) is 0 Å². The van der Waals surface area contributed by atoms with E-state index in [1.54, 1.807) is 6.92 Å². The second kappa shape index (κ2) is 6.31. The van der Waals surface area contributed by atoms with Crippen LogP contribution in [0.15, 0.2) is 0 Å². The van der Waals surface area contributed by atoms with Crippen LogP contribution in [0.5, 0.6) is 0 Å². The molecule has 0 aromatic carbocycles. The predicted molar refractivity (Wildman–Crippen MR) is 51.5 cm³/mol. The highest BCUT2D eigenvalue weighted by Gasteiger charge is 2.11. The molecule has 80 valence electrons. The van der Waals surface area contributed by atoms with Crippen molar-refractivity contribution in [2.24, 2.45) is 0 Å². The maximum atomic E-state index is 11.2. The lowest BCUT2D eigenvalue weighted by molar-refractivity contribution is 0.275. The van der Waals surface area contributed by atoms with E-state index in [1.165, 1.54) is 0 Å². The number of rotatable bonds is 7. The van der Waals surface area contributed by atoms with E-state index < -0.39 is 10.2 Å². The quantitative estimate of drug-likeness (QED) is 0.534. The predicted octanol–water partition coefficient (Wildman–Crippen LogP) is -0.409. The molecule has 0 rings (SSSR count). The molecule has 0 amide bonds. The van der Waals surface area contributed by atoms with E-state index in [9.17, 15) is 8.42 Å². The summed E-state index contributed by atoms with van der Waals surface area (Å²) in [5.74, 6) is 0. The van der Waals surface area contributed by atoms with Crippen LogP contribution >= 0.6 is 0 Å². The number of nitrogens with one attached hydrogen (secondary N) is 2. The minimum absolute atomic E-state index is 0.0164. The fraction of sp³-hybridized carbons (Fsp3) is 1.00. The van der Waals surface area contributed by atoms with Gasteiger partial charge in [-0.15, -0.1) is 0 Å². The van der Waals surface area contributed by atoms with Gasteiger partial charge < -0.3 is 5.11 Å². The van der Waals surface area contributed by atoms with Crippen LogP contribution in [0.25, 0.3) is 0 Å². The van der Waals surface area contributed by atoms with E-state index >= 15 is 0 Å². The van der Waals surface area contributed by atoms with Crippen LogP contribution in [0.2, 0.25) is 0 Å². The smallest absolute Gasteiger partial charge is 0.277 e. The van der Waals surface area contributed by atoms with Crippen LogP contribution < -0.4 is 9.44 Å². The Morgan fingerprint density at radius 2 is 2.08 bits per heavy atom. The molecule has 0 bridgehead atoms. The van der Waals surface area contributed by atoms with E-state index in [0.29, 0.717) is 13.0 Å². The van der Waals surface area contributed by atoms with Gasteiger partial charge in [0.25, 0.3) is 10.2 Å². The third-order valence-electron chi connectivity index (χ3n) is 1.46. The van der Waals surface area contributed by atoms with E-state index in [2.05, 4.69) is 9.44 Å². The Labute approximate surface area is 79.7 Å². The lowest BCUT2D eigenvalue weighted by Crippen LogP contribution is -2.42. The highest BCUT2D eigenvalue weighted by atomic mass is 32.2. The van der Waals surface area contributed by atoms with E-state index in [1.807, 2.05) is 6.92 Å². The molecule has 0 saturated heterocycles. The third kappa shape index (κ3) is 6.94. The van der Waals surface area contributed by atoms with Gasteiger partial charge in [-0.25, -0.2) is 4.72 Å². The molecule has 0 aliphatic heterocycles. The Morgan fingerprint density at radius 3 is 2.54 bits per heavy atom. The van der Waals surface area contributed by atoms with E-state index in [0.717, 1.165) is 6.42 Å². The summed E-state index contributed by atoms with van der Waals surface area (Å²) in [5.41, 5.74) is 0. The van der Waals surface area contributed by atoms with Crippen molar-refractivity contribution in [2.75, 3.05) is 13.2 Å². The standard InChI is InChI=1S/C7H18N2O3S/c1-3-5-8-13(11,12)9-7(2)4-6-10/h7-10H,3-6H2,1-2H3. The molecule has 0 heterocycles. The summed E-state index contributed by atoms with van der Waals surface area (Å²) in [4.78, 5) is 0. The van der Waals surface area contributed by atoms with Crippen molar-refractivity contribution in [2.45, 2.75) is 32.7 Å². The molecule has 3 N–H and O–H groups in total. The van der Waals surface area contributed by atoms with Crippen molar-refractivity contribution < 1.29 is 13.5 Å². The maximum Gasteiger partial charge on any atom is 0.277 e. The first kappa shape index (κ1) is 12.8. The van der Waals surface area contributed by atoms with Gasteiger partial charge in [-0.05, 0) is 19.8 Å². The molecule has 0 aromatic rings. The third-order valence-corrected chi connectivity index (χ3v) is 2.76. The molecule has 5 nitrogen and oxygen atoms in total. The average molecular weight is 210 g/mol. The normalized spacial score (nSPS) is 14.4. The molecule has 0 aromatic heterocycles. The van der Waals surface area contributed by atoms with Crippen molar-refractivity contribution in [1.82, 2.24) is 9.44 Å². The molecule has 0 spiro atoms. The zero-order valence-corrected chi connectivity index (χ0v) is 8.89. The SMILES string of the molecule is CCCNS(=O)(=O)NC(C)CCO. The van der Waals surface area contributed by atoms with Crippen LogP contribution in [0.4, 0.5) is 0 Å². The van der Waals surface area contributed by atoms with E-state index in [4.69, 9.17) is 5.11 Å². The van der Waals surface area contributed by atoms with Gasteiger partial charge in [-0.2, -0.15) is 13.1 Å². The van der Waals surface area contributed by atoms with Gasteiger partial charge in [-0.1, -0.05) is 6.92 Å². The van der Waals surface area contributed by atoms with Crippen LogP contribution in [-0.4, -0.2) is 32.7 Å². The zero-order chi connectivity index (χ0) is 10.3. The number of aliphatic hydroxyl groups excluding tert-OH is 1. The van der Waals surface area contributed by atoms with Gasteiger partial charge in [0.2, 0.25) is 0 Å². The van der Waals surface area contributed by atoms with E-state index in [-0.39, 0.29) is 12.6 Å². The van der Waals surface area contributed by atoms with Gasteiger partial charge in [-0.3, -0.25) is 0 Å². The van der Waals surface area contributed by atoms with Crippen molar-refractivity contribution in [1.29, 1.82) is 0 Å². The summed E-state index contributed by atoms with van der Waals surface area (Å²) in [6.45, 7) is 4.01. The summed E-state index contributed by atoms with van der Waals surface area (Å²) < 4.78 is 27.1. The highest BCUT2D eigenvalue weighted by molar-refractivity contribution is 7.87. The summed E-state index contributed by atoms with van der Waals surface area (Å²) in [7, 11) is -3.38. The monoisotopic (exact) mass is 210 g/mol. The Kier molecular flexibility index (Phi) is 6.23. The molecule has 0 aliphatic carbocycles. The molecule has 0 radical (unpaired) electrons. The van der Waals surface area contributed by atoms with Crippen LogP contribution in [-0.2, 0) is 10.2 Å². The molecule has 0 saturated carbocycles. The summed E-state index contributed by atoms with van der Waals surface area (Å²) in [5, 5.41) is 8.55. The average Bonchev–Trinajstić information content (AvgIpc) is 2.00. The van der Waals surface area contributed by atoms with Crippen LogP contribution in [0.1, 0.15) is 26.7 Å². The Hall–Kier alpha value is -0.170. The largest absolute Gasteiger partial charge is 0.396 e. The van der Waals surface area contributed by atoms with Crippen molar-refractivity contribution in [3.05, 3.63) is 0 Å². The molecule has 13 heavy (non-hydrogen) atoms. The Bertz CT molecular complexity index is 216. The number of aliphatic hydroxyl groups is 1. The fourth-order valence-electron chi connectivity index (χ4n) is 0.796. The molecule has 0 aliphatic rings. The molecular weight excluding hydrogens is 192 g/mol. The first-order valence-corrected chi connectivity index (χ1v) is 5.88. The Morgan fingerprint density at radius 1 is 1.46 bits per heavy atom. The summed E-state index contributed by atoms with van der Waals surface area (Å²) in [6.07, 6.45) is 1.18. The topological polar surface area (TPSA) is 78.4 Å². The maximum absolute atomic E-state index is 11.2. The highest BCUT2D eigenvalue weighted by Crippen LogP contribution is 1.91. The van der Waals surface area contributed by atoms with Crippen molar-refractivity contribution >= 4 is 10.2 Å². The lowest BCUT2D eigenvalue weighted by atomic mass is 10.3. The second-order valence-electron chi connectivity index (χ2n) is 2.93. The molecule has 0 fully saturated rings. The lowest BCUT2D eigenvalue weighted by Gasteiger charge is -2.12. The Balaban J connectivity index is 3.87. The first-order valence-electron chi connectivity index (χ1n) is 4.39. The molecule has 1 unspecified atom stereocenters. The van der Waals surface area contributed by atoms with Gasteiger partial charge in [0.05, 0.1) is 0 Å². The molecular formula is C7H18N2O3S. The number of hydrogen-bond donors (Lipinski definition) is 3.